The third-order valence-electron chi connectivity index (χ3n) is 2.41. The summed E-state index contributed by atoms with van der Waals surface area (Å²) in [7, 11) is 6.68. The van der Waals surface area contributed by atoms with Crippen LogP contribution in [-0.4, -0.2) is 37.0 Å². The Kier molecular flexibility index (Phi) is 4.59. The van der Waals surface area contributed by atoms with Crippen molar-refractivity contribution >= 4 is 28.1 Å². The van der Waals surface area contributed by atoms with Crippen LogP contribution in [0.25, 0.3) is 0 Å². The molecule has 7 heteroatoms. The maximum atomic E-state index is 11.3. The highest BCUT2D eigenvalue weighted by molar-refractivity contribution is 7.79. The van der Waals surface area contributed by atoms with Crippen LogP contribution in [0.5, 0.6) is 5.75 Å². The fourth-order valence-corrected chi connectivity index (χ4v) is 2.26. The predicted molar refractivity (Wildman–Crippen MR) is 70.7 cm³/mol. The van der Waals surface area contributed by atoms with Crippen LogP contribution in [0.3, 0.4) is 0 Å². The molecule has 0 radical (unpaired) electrons. The molecule has 0 heterocycles. The number of hydrogen-bond acceptors (Lipinski definition) is 5. The van der Waals surface area contributed by atoms with Gasteiger partial charge in [-0.3, -0.25) is 0 Å². The molecule has 1 atom stereocenters. The molecule has 4 N–H and O–H groups in total. The summed E-state index contributed by atoms with van der Waals surface area (Å²) >= 11 is -2.07. The van der Waals surface area contributed by atoms with E-state index in [9.17, 15) is 8.76 Å². The molecule has 0 aliphatic rings. The lowest BCUT2D eigenvalue weighted by Crippen LogP contribution is -2.07. The highest BCUT2D eigenvalue weighted by atomic mass is 32.2. The summed E-state index contributed by atoms with van der Waals surface area (Å²) in [5.74, 6) is 0.591. The van der Waals surface area contributed by atoms with E-state index >= 15 is 0 Å². The lowest BCUT2D eigenvalue weighted by molar-refractivity contribution is 0.418. The monoisotopic (exact) mass is 259 g/mol. The van der Waals surface area contributed by atoms with E-state index in [0.717, 1.165) is 0 Å². The van der Waals surface area contributed by atoms with Crippen LogP contribution in [0.15, 0.2) is 11.0 Å². The highest BCUT2D eigenvalue weighted by Crippen LogP contribution is 2.42. The van der Waals surface area contributed by atoms with Crippen molar-refractivity contribution in [3.63, 3.8) is 0 Å². The maximum Gasteiger partial charge on any atom is 0.188 e. The second-order valence-corrected chi connectivity index (χ2v) is 4.14. The van der Waals surface area contributed by atoms with Gasteiger partial charge in [0.05, 0.1) is 23.4 Å². The summed E-state index contributed by atoms with van der Waals surface area (Å²) in [6.45, 7) is 0. The summed E-state index contributed by atoms with van der Waals surface area (Å²) < 4.78 is 25.9. The zero-order valence-electron chi connectivity index (χ0n) is 10.2. The zero-order valence-corrected chi connectivity index (χ0v) is 11.1. The Balaban J connectivity index is 3.60. The summed E-state index contributed by atoms with van der Waals surface area (Å²) in [4.78, 5) is 0.294. The van der Waals surface area contributed by atoms with Gasteiger partial charge >= 0.3 is 0 Å². The Morgan fingerprint density at radius 3 is 2.12 bits per heavy atom. The van der Waals surface area contributed by atoms with Gasteiger partial charge in [0, 0.05) is 21.1 Å². The Morgan fingerprint density at radius 2 is 1.76 bits per heavy atom. The van der Waals surface area contributed by atoms with Crippen molar-refractivity contribution in [1.29, 1.82) is 0 Å². The van der Waals surface area contributed by atoms with Gasteiger partial charge in [0.25, 0.3) is 0 Å². The van der Waals surface area contributed by atoms with E-state index in [1.807, 2.05) is 0 Å². The van der Waals surface area contributed by atoms with Gasteiger partial charge in [-0.05, 0) is 6.07 Å². The molecule has 0 saturated carbocycles. The molecule has 0 amide bonds. The van der Waals surface area contributed by atoms with E-state index in [4.69, 9.17) is 4.74 Å². The Bertz CT molecular complexity index is 437. The summed E-state index contributed by atoms with van der Waals surface area (Å²) in [5, 5.41) is 8.79. The van der Waals surface area contributed by atoms with Crippen LogP contribution < -0.4 is 20.7 Å². The highest BCUT2D eigenvalue weighted by Gasteiger charge is 2.19. The number of rotatable bonds is 5. The third kappa shape index (κ3) is 2.45. The SMILES string of the molecule is CNc1cc(S(=O)O)c(NC)c(NC)c1OC. The molecule has 6 nitrogen and oxygen atoms in total. The van der Waals surface area contributed by atoms with E-state index in [2.05, 4.69) is 16.0 Å². The first-order valence-electron chi connectivity index (χ1n) is 4.99. The molecule has 0 aromatic heterocycles. The molecule has 0 fully saturated rings. The standard InChI is InChI=1S/C10H17N3O3S/c1-11-6-5-7(17(14)15)8(12-2)9(13-3)10(6)16-4/h5,11-13H,1-4H3,(H,14,15). The minimum absolute atomic E-state index is 0.294. The van der Waals surface area contributed by atoms with Crippen molar-refractivity contribution in [2.75, 3.05) is 44.2 Å². The van der Waals surface area contributed by atoms with Crippen LogP contribution >= 0.6 is 0 Å². The van der Waals surface area contributed by atoms with E-state index in [-0.39, 0.29) is 0 Å². The number of hydrogen-bond donors (Lipinski definition) is 4. The fourth-order valence-electron chi connectivity index (χ4n) is 1.66. The molecular weight excluding hydrogens is 242 g/mol. The van der Waals surface area contributed by atoms with Crippen molar-refractivity contribution in [1.82, 2.24) is 0 Å². The largest absolute Gasteiger partial charge is 0.492 e. The Hall–Kier alpha value is -1.47. The molecule has 1 aromatic carbocycles. The van der Waals surface area contributed by atoms with Crippen LogP contribution in [0, 0.1) is 0 Å². The Morgan fingerprint density at radius 1 is 1.18 bits per heavy atom. The molecule has 17 heavy (non-hydrogen) atoms. The zero-order chi connectivity index (χ0) is 13.0. The first kappa shape index (κ1) is 13.6. The van der Waals surface area contributed by atoms with Gasteiger partial charge in [-0.1, -0.05) is 0 Å². The van der Waals surface area contributed by atoms with Gasteiger partial charge in [-0.2, -0.15) is 0 Å². The fraction of sp³-hybridized carbons (Fsp3) is 0.400. The first-order valence-corrected chi connectivity index (χ1v) is 6.10. The van der Waals surface area contributed by atoms with Gasteiger partial charge in [0.2, 0.25) is 0 Å². The lowest BCUT2D eigenvalue weighted by Gasteiger charge is -2.19. The van der Waals surface area contributed by atoms with Gasteiger partial charge in [-0.25, -0.2) is 4.21 Å². The van der Waals surface area contributed by atoms with Crippen molar-refractivity contribution in [3.8, 4) is 5.75 Å². The number of ether oxygens (including phenoxy) is 1. The molecule has 0 aliphatic heterocycles. The molecule has 1 rings (SSSR count). The molecule has 1 unspecified atom stereocenters. The van der Waals surface area contributed by atoms with Crippen LogP contribution in [0.1, 0.15) is 0 Å². The number of anilines is 3. The third-order valence-corrected chi connectivity index (χ3v) is 3.10. The Labute approximate surface area is 103 Å². The molecule has 0 bridgehead atoms. The minimum Gasteiger partial charge on any atom is -0.492 e. The van der Waals surface area contributed by atoms with E-state index in [0.29, 0.717) is 27.7 Å². The summed E-state index contributed by atoms with van der Waals surface area (Å²) in [6, 6.07) is 1.58. The number of nitrogens with one attached hydrogen (secondary N) is 3. The van der Waals surface area contributed by atoms with Gasteiger partial charge in [0.15, 0.2) is 16.8 Å². The van der Waals surface area contributed by atoms with Crippen LogP contribution in [-0.2, 0) is 11.1 Å². The van der Waals surface area contributed by atoms with Crippen LogP contribution in [0.4, 0.5) is 17.1 Å². The second-order valence-electron chi connectivity index (χ2n) is 3.20. The van der Waals surface area contributed by atoms with E-state index in [1.165, 1.54) is 0 Å². The quantitative estimate of drug-likeness (QED) is 0.598. The molecule has 96 valence electrons. The molecule has 0 spiro atoms. The van der Waals surface area contributed by atoms with E-state index in [1.54, 1.807) is 34.3 Å². The van der Waals surface area contributed by atoms with Crippen LogP contribution in [0.2, 0.25) is 0 Å². The number of benzene rings is 1. The average Bonchev–Trinajstić information content (AvgIpc) is 2.35. The van der Waals surface area contributed by atoms with Crippen molar-refractivity contribution in [3.05, 3.63) is 6.07 Å². The van der Waals surface area contributed by atoms with Crippen molar-refractivity contribution < 1.29 is 13.5 Å². The van der Waals surface area contributed by atoms with Gasteiger partial charge < -0.3 is 25.2 Å². The molecule has 0 aliphatic carbocycles. The molecule has 1 aromatic rings. The normalized spacial score (nSPS) is 11.8. The smallest absolute Gasteiger partial charge is 0.188 e. The van der Waals surface area contributed by atoms with Gasteiger partial charge in [-0.15, -0.1) is 0 Å². The first-order chi connectivity index (χ1) is 8.10. The average molecular weight is 259 g/mol. The van der Waals surface area contributed by atoms with Crippen molar-refractivity contribution in [2.24, 2.45) is 0 Å². The maximum absolute atomic E-state index is 11.3. The predicted octanol–water partition coefficient (Wildman–Crippen LogP) is 1.40. The van der Waals surface area contributed by atoms with Crippen molar-refractivity contribution in [2.45, 2.75) is 4.90 Å². The molecular formula is C10H17N3O3S. The summed E-state index contributed by atoms with van der Waals surface area (Å²) in [5.41, 5.74) is 1.83. The number of methoxy groups -OCH3 is 1. The topological polar surface area (TPSA) is 82.6 Å². The lowest BCUT2D eigenvalue weighted by atomic mass is 10.2. The second kappa shape index (κ2) is 5.74. The summed E-state index contributed by atoms with van der Waals surface area (Å²) in [6.07, 6.45) is 0. The minimum atomic E-state index is -2.07. The van der Waals surface area contributed by atoms with E-state index < -0.39 is 11.1 Å². The van der Waals surface area contributed by atoms with Gasteiger partial charge in [0.1, 0.15) is 5.69 Å². The molecule has 0 saturated heterocycles.